The van der Waals surface area contributed by atoms with Gasteiger partial charge in [-0.05, 0) is 31.3 Å². The fourth-order valence-corrected chi connectivity index (χ4v) is 1.11. The second kappa shape index (κ2) is 9.47. The fraction of sp³-hybridized carbons (Fsp3) is 1.00. The molecule has 0 rings (SSSR count). The molecule has 0 aromatic heterocycles. The Kier molecular flexibility index (Phi) is 9.42. The largest absolute Gasteiger partial charge is 0.381 e. The third-order valence-electron chi connectivity index (χ3n) is 2.28. The van der Waals surface area contributed by atoms with Crippen molar-refractivity contribution in [3.63, 3.8) is 0 Å². The van der Waals surface area contributed by atoms with Gasteiger partial charge in [0.05, 0.1) is 0 Å². The van der Waals surface area contributed by atoms with E-state index in [1.807, 2.05) is 0 Å². The molecule has 0 amide bonds. The summed E-state index contributed by atoms with van der Waals surface area (Å²) < 4.78 is 5.49. The summed E-state index contributed by atoms with van der Waals surface area (Å²) in [7, 11) is 0. The van der Waals surface area contributed by atoms with Crippen LogP contribution in [0.25, 0.3) is 0 Å². The molecule has 2 nitrogen and oxygen atoms in total. The molecule has 0 saturated heterocycles. The highest BCUT2D eigenvalue weighted by molar-refractivity contribution is 4.54. The molecule has 0 aliphatic heterocycles. The standard InChI is InChI=1S/C12H27NO/c1-5-12(4)9-13-7-6-8-14-10-11(2)3/h11-13H,5-10H2,1-4H3. The van der Waals surface area contributed by atoms with Crippen molar-refractivity contribution in [3.8, 4) is 0 Å². The lowest BCUT2D eigenvalue weighted by Crippen LogP contribution is -2.23. The van der Waals surface area contributed by atoms with Crippen molar-refractivity contribution < 1.29 is 4.74 Å². The number of hydrogen-bond donors (Lipinski definition) is 1. The summed E-state index contributed by atoms with van der Waals surface area (Å²) in [5.41, 5.74) is 0. The van der Waals surface area contributed by atoms with E-state index >= 15 is 0 Å². The van der Waals surface area contributed by atoms with E-state index in [1.54, 1.807) is 0 Å². The molecule has 1 N–H and O–H groups in total. The van der Waals surface area contributed by atoms with Crippen LogP contribution < -0.4 is 5.32 Å². The van der Waals surface area contributed by atoms with Crippen molar-refractivity contribution in [1.82, 2.24) is 5.32 Å². The molecule has 0 aliphatic carbocycles. The van der Waals surface area contributed by atoms with Crippen molar-refractivity contribution in [1.29, 1.82) is 0 Å². The predicted octanol–water partition coefficient (Wildman–Crippen LogP) is 2.68. The molecule has 0 aromatic carbocycles. The maximum Gasteiger partial charge on any atom is 0.0489 e. The summed E-state index contributed by atoms with van der Waals surface area (Å²) in [5, 5.41) is 3.44. The first-order valence-electron chi connectivity index (χ1n) is 5.95. The van der Waals surface area contributed by atoms with Crippen LogP contribution in [-0.4, -0.2) is 26.3 Å². The molecule has 0 fully saturated rings. The van der Waals surface area contributed by atoms with Crippen LogP contribution in [0.4, 0.5) is 0 Å². The second-order valence-corrected chi connectivity index (χ2v) is 4.54. The molecule has 1 unspecified atom stereocenters. The first kappa shape index (κ1) is 13.9. The molecule has 1 atom stereocenters. The average Bonchev–Trinajstić information content (AvgIpc) is 2.15. The van der Waals surface area contributed by atoms with Gasteiger partial charge in [-0.1, -0.05) is 34.1 Å². The van der Waals surface area contributed by atoms with Gasteiger partial charge in [-0.2, -0.15) is 0 Å². The molecule has 0 saturated carbocycles. The number of nitrogens with one attached hydrogen (secondary N) is 1. The summed E-state index contributed by atoms with van der Waals surface area (Å²) in [4.78, 5) is 0. The molecular weight excluding hydrogens is 174 g/mol. The lowest BCUT2D eigenvalue weighted by Gasteiger charge is -2.10. The first-order valence-corrected chi connectivity index (χ1v) is 5.95. The lowest BCUT2D eigenvalue weighted by molar-refractivity contribution is 0.108. The normalized spacial score (nSPS) is 13.5. The van der Waals surface area contributed by atoms with Gasteiger partial charge in [0.15, 0.2) is 0 Å². The summed E-state index contributed by atoms with van der Waals surface area (Å²) >= 11 is 0. The Morgan fingerprint density at radius 1 is 1.21 bits per heavy atom. The van der Waals surface area contributed by atoms with Crippen molar-refractivity contribution >= 4 is 0 Å². The van der Waals surface area contributed by atoms with Gasteiger partial charge in [0.25, 0.3) is 0 Å². The molecule has 14 heavy (non-hydrogen) atoms. The predicted molar refractivity (Wildman–Crippen MR) is 62.6 cm³/mol. The topological polar surface area (TPSA) is 21.3 Å². The SMILES string of the molecule is CCC(C)CNCCCOCC(C)C. The smallest absolute Gasteiger partial charge is 0.0489 e. The summed E-state index contributed by atoms with van der Waals surface area (Å²) in [6.45, 7) is 12.9. The Morgan fingerprint density at radius 3 is 2.50 bits per heavy atom. The Balaban J connectivity index is 2.99. The highest BCUT2D eigenvalue weighted by atomic mass is 16.5. The molecule has 0 bridgehead atoms. The monoisotopic (exact) mass is 201 g/mol. The molecule has 2 heteroatoms. The third kappa shape index (κ3) is 10.0. The van der Waals surface area contributed by atoms with Crippen LogP contribution in [0.2, 0.25) is 0 Å². The Labute approximate surface area is 89.4 Å². The first-order chi connectivity index (χ1) is 6.66. The van der Waals surface area contributed by atoms with E-state index in [0.29, 0.717) is 5.92 Å². The van der Waals surface area contributed by atoms with E-state index in [4.69, 9.17) is 4.74 Å². The summed E-state index contributed by atoms with van der Waals surface area (Å²) in [5.74, 6) is 1.45. The minimum absolute atomic E-state index is 0.656. The van der Waals surface area contributed by atoms with Crippen LogP contribution in [0.3, 0.4) is 0 Å². The van der Waals surface area contributed by atoms with E-state index in [0.717, 1.165) is 38.6 Å². The molecular formula is C12H27NO. The van der Waals surface area contributed by atoms with Crippen LogP contribution in [-0.2, 0) is 4.74 Å². The van der Waals surface area contributed by atoms with Gasteiger partial charge in [-0.15, -0.1) is 0 Å². The third-order valence-corrected chi connectivity index (χ3v) is 2.28. The maximum atomic E-state index is 5.49. The Morgan fingerprint density at radius 2 is 1.93 bits per heavy atom. The van der Waals surface area contributed by atoms with Crippen LogP contribution in [0.1, 0.15) is 40.5 Å². The zero-order valence-electron chi connectivity index (χ0n) is 10.3. The molecule has 0 spiro atoms. The van der Waals surface area contributed by atoms with E-state index in [9.17, 15) is 0 Å². The van der Waals surface area contributed by atoms with Gasteiger partial charge in [-0.3, -0.25) is 0 Å². The van der Waals surface area contributed by atoms with Crippen molar-refractivity contribution in [3.05, 3.63) is 0 Å². The van der Waals surface area contributed by atoms with Gasteiger partial charge in [-0.25, -0.2) is 0 Å². The molecule has 0 heterocycles. The zero-order valence-corrected chi connectivity index (χ0v) is 10.3. The van der Waals surface area contributed by atoms with Crippen molar-refractivity contribution in [2.75, 3.05) is 26.3 Å². The van der Waals surface area contributed by atoms with Crippen LogP contribution in [0.15, 0.2) is 0 Å². The average molecular weight is 201 g/mol. The van der Waals surface area contributed by atoms with E-state index < -0.39 is 0 Å². The quantitative estimate of drug-likeness (QED) is 0.579. The van der Waals surface area contributed by atoms with Crippen LogP contribution in [0.5, 0.6) is 0 Å². The lowest BCUT2D eigenvalue weighted by atomic mass is 10.1. The minimum atomic E-state index is 0.656. The second-order valence-electron chi connectivity index (χ2n) is 4.54. The van der Waals surface area contributed by atoms with E-state index in [1.165, 1.54) is 6.42 Å². The molecule has 0 aromatic rings. The molecule has 0 aliphatic rings. The van der Waals surface area contributed by atoms with Gasteiger partial charge >= 0.3 is 0 Å². The maximum absolute atomic E-state index is 5.49. The summed E-state index contributed by atoms with van der Waals surface area (Å²) in [6.07, 6.45) is 2.39. The van der Waals surface area contributed by atoms with Crippen LogP contribution in [0, 0.1) is 11.8 Å². The fourth-order valence-electron chi connectivity index (χ4n) is 1.11. The Hall–Kier alpha value is -0.0800. The Bertz CT molecular complexity index is 115. The van der Waals surface area contributed by atoms with Crippen LogP contribution >= 0.6 is 0 Å². The highest BCUT2D eigenvalue weighted by Gasteiger charge is 1.97. The number of ether oxygens (including phenoxy) is 1. The zero-order chi connectivity index (χ0) is 10.8. The van der Waals surface area contributed by atoms with Crippen molar-refractivity contribution in [2.24, 2.45) is 11.8 Å². The highest BCUT2D eigenvalue weighted by Crippen LogP contribution is 1.97. The van der Waals surface area contributed by atoms with Gasteiger partial charge < -0.3 is 10.1 Å². The van der Waals surface area contributed by atoms with E-state index in [-0.39, 0.29) is 0 Å². The molecule has 86 valence electrons. The summed E-state index contributed by atoms with van der Waals surface area (Å²) in [6, 6.07) is 0. The molecule has 0 radical (unpaired) electrons. The van der Waals surface area contributed by atoms with Gasteiger partial charge in [0.2, 0.25) is 0 Å². The number of hydrogen-bond acceptors (Lipinski definition) is 2. The van der Waals surface area contributed by atoms with Gasteiger partial charge in [0.1, 0.15) is 0 Å². The van der Waals surface area contributed by atoms with E-state index in [2.05, 4.69) is 33.0 Å². The minimum Gasteiger partial charge on any atom is -0.381 e. The number of rotatable bonds is 9. The van der Waals surface area contributed by atoms with Gasteiger partial charge in [0, 0.05) is 13.2 Å². The van der Waals surface area contributed by atoms with Crippen molar-refractivity contribution in [2.45, 2.75) is 40.5 Å².